The van der Waals surface area contributed by atoms with E-state index in [0.717, 1.165) is 22.4 Å². The lowest BCUT2D eigenvalue weighted by molar-refractivity contribution is 0.769. The summed E-state index contributed by atoms with van der Waals surface area (Å²) in [5.74, 6) is 1.93. The van der Waals surface area contributed by atoms with Gasteiger partial charge in [-0.3, -0.25) is 0 Å². The summed E-state index contributed by atoms with van der Waals surface area (Å²) < 4.78 is 2.41. The minimum absolute atomic E-state index is 0.620. The molecule has 0 radical (unpaired) electrons. The zero-order valence-corrected chi connectivity index (χ0v) is 30.4. The molecule has 56 heavy (non-hydrogen) atoms. The highest BCUT2D eigenvalue weighted by molar-refractivity contribution is 6.12. The van der Waals surface area contributed by atoms with E-state index in [4.69, 9.17) is 15.0 Å². The van der Waals surface area contributed by atoms with E-state index in [1.54, 1.807) is 0 Å². The number of benzene rings is 8. The van der Waals surface area contributed by atoms with Gasteiger partial charge in [-0.2, -0.15) is 0 Å². The van der Waals surface area contributed by atoms with Gasteiger partial charge in [0.15, 0.2) is 17.5 Å². The lowest BCUT2D eigenvalue weighted by Gasteiger charge is -2.34. The van der Waals surface area contributed by atoms with Gasteiger partial charge in [-0.25, -0.2) is 15.0 Å². The fourth-order valence-corrected chi connectivity index (χ4v) is 8.88. The van der Waals surface area contributed by atoms with Crippen molar-refractivity contribution in [3.63, 3.8) is 0 Å². The van der Waals surface area contributed by atoms with Gasteiger partial charge < -0.3 is 4.57 Å². The summed E-state index contributed by atoms with van der Waals surface area (Å²) in [5.41, 5.74) is 13.0. The van der Waals surface area contributed by atoms with Crippen LogP contribution in [0.25, 0.3) is 72.8 Å². The van der Waals surface area contributed by atoms with Crippen molar-refractivity contribution in [2.75, 3.05) is 0 Å². The van der Waals surface area contributed by atoms with Crippen LogP contribution in [0.1, 0.15) is 22.3 Å². The molecule has 0 N–H and O–H groups in total. The molecule has 0 aliphatic heterocycles. The van der Waals surface area contributed by atoms with Crippen LogP contribution in [0.4, 0.5) is 0 Å². The number of aromatic nitrogens is 4. The average Bonchev–Trinajstić information content (AvgIpc) is 3.76. The molecule has 0 saturated carbocycles. The molecule has 11 rings (SSSR count). The van der Waals surface area contributed by atoms with Gasteiger partial charge in [-0.15, -0.1) is 0 Å². The van der Waals surface area contributed by atoms with Gasteiger partial charge >= 0.3 is 0 Å². The number of hydrogen-bond acceptors (Lipinski definition) is 3. The zero-order valence-electron chi connectivity index (χ0n) is 30.4. The topological polar surface area (TPSA) is 43.6 Å². The molecule has 10 aromatic rings. The smallest absolute Gasteiger partial charge is 0.164 e. The molecule has 0 saturated heterocycles. The monoisotopic (exact) mass is 714 g/mol. The molecule has 1 aliphatic rings. The Morgan fingerprint density at radius 1 is 0.339 bits per heavy atom. The Labute approximate surface area is 325 Å². The molecular formula is C52H34N4. The lowest BCUT2D eigenvalue weighted by Crippen LogP contribution is -2.28. The SMILES string of the molecule is c1ccc(-c2nc(-c3ccccc3)nc(-c3ccc4c(c3)C(c3ccccc3)(c3ccccc3)c3cc5c6ccccc6n(-c6ccccc6)c5cc3-4)n2)cc1. The van der Waals surface area contributed by atoms with Crippen molar-refractivity contribution in [3.05, 3.63) is 229 Å². The summed E-state index contributed by atoms with van der Waals surface area (Å²) in [5, 5.41) is 2.46. The van der Waals surface area contributed by atoms with E-state index in [0.29, 0.717) is 17.5 Å². The fraction of sp³-hybridized carbons (Fsp3) is 0.0192. The van der Waals surface area contributed by atoms with E-state index in [9.17, 15) is 0 Å². The largest absolute Gasteiger partial charge is 0.309 e. The third kappa shape index (κ3) is 4.89. The number of para-hydroxylation sites is 2. The van der Waals surface area contributed by atoms with Crippen LogP contribution >= 0.6 is 0 Å². The Bertz CT molecular complexity index is 2950. The molecule has 2 aromatic heterocycles. The quantitative estimate of drug-likeness (QED) is 0.172. The molecule has 0 bridgehead atoms. The maximum absolute atomic E-state index is 5.16. The van der Waals surface area contributed by atoms with Crippen molar-refractivity contribution >= 4 is 21.8 Å². The molecule has 1 aliphatic carbocycles. The van der Waals surface area contributed by atoms with E-state index >= 15 is 0 Å². The molecule has 262 valence electrons. The summed E-state index contributed by atoms with van der Waals surface area (Å²) in [7, 11) is 0. The fourth-order valence-electron chi connectivity index (χ4n) is 8.88. The second-order valence-electron chi connectivity index (χ2n) is 14.4. The maximum Gasteiger partial charge on any atom is 0.164 e. The highest BCUT2D eigenvalue weighted by Crippen LogP contribution is 2.58. The predicted molar refractivity (Wildman–Crippen MR) is 228 cm³/mol. The Kier molecular flexibility index (Phi) is 7.36. The van der Waals surface area contributed by atoms with Crippen molar-refractivity contribution in [1.29, 1.82) is 0 Å². The molecule has 2 heterocycles. The van der Waals surface area contributed by atoms with Crippen molar-refractivity contribution in [3.8, 4) is 51.0 Å². The summed E-state index contributed by atoms with van der Waals surface area (Å²) in [4.78, 5) is 15.3. The summed E-state index contributed by atoms with van der Waals surface area (Å²) >= 11 is 0. The van der Waals surface area contributed by atoms with E-state index in [1.807, 2.05) is 36.4 Å². The second-order valence-corrected chi connectivity index (χ2v) is 14.4. The highest BCUT2D eigenvalue weighted by atomic mass is 15.0. The van der Waals surface area contributed by atoms with Gasteiger partial charge in [-0.05, 0) is 69.8 Å². The lowest BCUT2D eigenvalue weighted by atomic mass is 9.67. The van der Waals surface area contributed by atoms with E-state index in [2.05, 4.69) is 174 Å². The van der Waals surface area contributed by atoms with Crippen molar-refractivity contribution in [2.45, 2.75) is 5.41 Å². The first kappa shape index (κ1) is 32.0. The minimum Gasteiger partial charge on any atom is -0.309 e. The van der Waals surface area contributed by atoms with E-state index in [-0.39, 0.29) is 0 Å². The molecule has 8 aromatic carbocycles. The minimum atomic E-state index is -0.620. The highest BCUT2D eigenvalue weighted by Gasteiger charge is 2.47. The molecule has 0 unspecified atom stereocenters. The standard InChI is InChI=1S/C52H34N4/c1-6-18-35(19-7-1)49-53-50(36-20-8-2-9-21-36)55-51(54-49)37-30-31-41-43-34-48-44(42-28-16-17-29-47(42)56(48)40-26-14-5-15-27-40)33-46(43)52(45(41)32-37,38-22-10-3-11-23-38)39-24-12-4-13-25-39/h1-34H. The second kappa shape index (κ2) is 12.9. The molecule has 0 amide bonds. The molecule has 4 nitrogen and oxygen atoms in total. The molecular weight excluding hydrogens is 681 g/mol. The maximum atomic E-state index is 5.16. The average molecular weight is 715 g/mol. The van der Waals surface area contributed by atoms with Crippen molar-refractivity contribution in [2.24, 2.45) is 0 Å². The van der Waals surface area contributed by atoms with Crippen LogP contribution in [0.3, 0.4) is 0 Å². The Hall–Kier alpha value is -7.43. The van der Waals surface area contributed by atoms with Crippen molar-refractivity contribution < 1.29 is 0 Å². The van der Waals surface area contributed by atoms with Crippen LogP contribution < -0.4 is 0 Å². The van der Waals surface area contributed by atoms with E-state index < -0.39 is 5.41 Å². The first-order valence-corrected chi connectivity index (χ1v) is 19.0. The third-order valence-electron chi connectivity index (χ3n) is 11.3. The molecule has 0 spiro atoms. The van der Waals surface area contributed by atoms with Crippen LogP contribution in [0, 0.1) is 0 Å². The summed E-state index contributed by atoms with van der Waals surface area (Å²) in [6.07, 6.45) is 0. The Balaban J connectivity index is 1.23. The van der Waals surface area contributed by atoms with Crippen LogP contribution in [-0.4, -0.2) is 19.5 Å². The van der Waals surface area contributed by atoms with Gasteiger partial charge in [0.1, 0.15) is 0 Å². The Morgan fingerprint density at radius 2 is 0.821 bits per heavy atom. The van der Waals surface area contributed by atoms with Crippen LogP contribution in [0.5, 0.6) is 0 Å². The van der Waals surface area contributed by atoms with Gasteiger partial charge in [0.25, 0.3) is 0 Å². The van der Waals surface area contributed by atoms with Gasteiger partial charge in [0.2, 0.25) is 0 Å². The summed E-state index contributed by atoms with van der Waals surface area (Å²) in [6.45, 7) is 0. The van der Waals surface area contributed by atoms with Crippen molar-refractivity contribution in [1.82, 2.24) is 19.5 Å². The first-order valence-electron chi connectivity index (χ1n) is 19.0. The molecule has 0 atom stereocenters. The first-order chi connectivity index (χ1) is 27.8. The van der Waals surface area contributed by atoms with Gasteiger partial charge in [-0.1, -0.05) is 170 Å². The number of nitrogens with zero attached hydrogens (tertiary/aromatic N) is 4. The predicted octanol–water partition coefficient (Wildman–Crippen LogP) is 12.3. The Morgan fingerprint density at radius 3 is 1.41 bits per heavy atom. The normalized spacial score (nSPS) is 12.8. The zero-order chi connectivity index (χ0) is 37.1. The van der Waals surface area contributed by atoms with Crippen LogP contribution in [0.15, 0.2) is 206 Å². The van der Waals surface area contributed by atoms with E-state index in [1.165, 1.54) is 55.2 Å². The number of fused-ring (bicyclic) bond motifs is 6. The van der Waals surface area contributed by atoms with Crippen LogP contribution in [-0.2, 0) is 5.41 Å². The third-order valence-corrected chi connectivity index (χ3v) is 11.3. The molecule has 4 heteroatoms. The number of rotatable bonds is 6. The van der Waals surface area contributed by atoms with Crippen LogP contribution in [0.2, 0.25) is 0 Å². The van der Waals surface area contributed by atoms with Gasteiger partial charge in [0, 0.05) is 33.2 Å². The van der Waals surface area contributed by atoms with Gasteiger partial charge in [0.05, 0.1) is 16.4 Å². The molecule has 0 fully saturated rings. The number of hydrogen-bond donors (Lipinski definition) is 0. The summed E-state index contributed by atoms with van der Waals surface area (Å²) in [6, 6.07) is 73.5.